The smallest absolute Gasteiger partial charge is 0.261 e. The highest BCUT2D eigenvalue weighted by atomic mass is 19.1. The number of pyridine rings is 1. The highest BCUT2D eigenvalue weighted by molar-refractivity contribution is 6.05. The first-order valence-corrected chi connectivity index (χ1v) is 9.68. The van der Waals surface area contributed by atoms with Crippen LogP contribution in [0.2, 0.25) is 0 Å². The Morgan fingerprint density at radius 2 is 1.69 bits per heavy atom. The monoisotopic (exact) mass is 392 g/mol. The quantitative estimate of drug-likeness (QED) is 0.680. The fourth-order valence-corrected chi connectivity index (χ4v) is 3.59. The second kappa shape index (κ2) is 8.43. The van der Waals surface area contributed by atoms with Gasteiger partial charge in [0, 0.05) is 17.9 Å². The Morgan fingerprint density at radius 3 is 2.34 bits per heavy atom. The lowest BCUT2D eigenvalue weighted by Crippen LogP contribution is -2.30. The summed E-state index contributed by atoms with van der Waals surface area (Å²) in [5.41, 5.74) is 3.14. The summed E-state index contributed by atoms with van der Waals surface area (Å²) in [5.74, 6) is -1.48. The molecule has 4 nitrogen and oxygen atoms in total. The Kier molecular flexibility index (Phi) is 5.97. The summed E-state index contributed by atoms with van der Waals surface area (Å²) in [6, 6.07) is 15.3. The van der Waals surface area contributed by atoms with E-state index in [0.717, 1.165) is 23.1 Å². The van der Waals surface area contributed by atoms with Crippen LogP contribution in [0.1, 0.15) is 45.4 Å². The minimum Gasteiger partial charge on any atom is -0.341 e. The van der Waals surface area contributed by atoms with E-state index < -0.39 is 17.2 Å². The third-order valence-electron chi connectivity index (χ3n) is 5.30. The van der Waals surface area contributed by atoms with Crippen molar-refractivity contribution >= 4 is 11.6 Å². The van der Waals surface area contributed by atoms with Gasteiger partial charge in [0.2, 0.25) is 5.43 Å². The zero-order valence-electron chi connectivity index (χ0n) is 17.2. The molecule has 0 aliphatic carbocycles. The second-order valence-electron chi connectivity index (χ2n) is 7.18. The van der Waals surface area contributed by atoms with E-state index in [1.54, 1.807) is 18.4 Å². The van der Waals surface area contributed by atoms with Gasteiger partial charge in [-0.15, -0.1) is 0 Å². The van der Waals surface area contributed by atoms with Gasteiger partial charge >= 0.3 is 0 Å². The van der Waals surface area contributed by atoms with Crippen molar-refractivity contribution in [1.82, 2.24) is 4.57 Å². The minimum atomic E-state index is -0.892. The molecule has 0 bridgehead atoms. The number of nitrogens with one attached hydrogen (secondary N) is 1. The maximum absolute atomic E-state index is 14.7. The number of anilines is 1. The molecule has 3 aromatic rings. The van der Waals surface area contributed by atoms with Gasteiger partial charge in [-0.3, -0.25) is 9.59 Å². The molecule has 0 spiro atoms. The van der Waals surface area contributed by atoms with Gasteiger partial charge < -0.3 is 9.88 Å². The number of hydrogen-bond donors (Lipinski definition) is 1. The maximum Gasteiger partial charge on any atom is 0.261 e. The molecule has 1 N–H and O–H groups in total. The van der Waals surface area contributed by atoms with Crippen LogP contribution in [-0.4, -0.2) is 10.5 Å². The van der Waals surface area contributed by atoms with Gasteiger partial charge in [-0.05, 0) is 43.9 Å². The third-order valence-corrected chi connectivity index (χ3v) is 5.30. The number of hydrogen-bond acceptors (Lipinski definition) is 2. The van der Waals surface area contributed by atoms with Crippen molar-refractivity contribution in [1.29, 1.82) is 0 Å². The molecule has 0 aliphatic heterocycles. The number of aromatic nitrogens is 1. The summed E-state index contributed by atoms with van der Waals surface area (Å²) in [6.45, 7) is 7.51. The fraction of sp³-hybridized carbons (Fsp3) is 0.250. The molecule has 5 heteroatoms. The molecule has 1 aromatic heterocycles. The van der Waals surface area contributed by atoms with Crippen LogP contribution in [0, 0.1) is 26.6 Å². The number of carbonyl (C=O) groups excluding carboxylic acids is 1. The van der Waals surface area contributed by atoms with Crippen molar-refractivity contribution in [2.75, 3.05) is 5.32 Å². The molecule has 0 atom stereocenters. The zero-order valence-corrected chi connectivity index (χ0v) is 17.2. The molecule has 0 fully saturated rings. The van der Waals surface area contributed by atoms with E-state index in [9.17, 15) is 14.0 Å². The molecule has 0 saturated heterocycles. The predicted molar refractivity (Wildman–Crippen MR) is 114 cm³/mol. The van der Waals surface area contributed by atoms with Crippen molar-refractivity contribution in [3.8, 4) is 0 Å². The highest BCUT2D eigenvalue weighted by Crippen LogP contribution is 2.22. The number of carbonyl (C=O) groups is 1. The van der Waals surface area contributed by atoms with E-state index in [2.05, 4.69) is 5.32 Å². The van der Waals surface area contributed by atoms with E-state index in [1.165, 1.54) is 0 Å². The summed E-state index contributed by atoms with van der Waals surface area (Å²) in [7, 11) is 0. The Bertz CT molecular complexity index is 1120. The topological polar surface area (TPSA) is 51.1 Å². The number of para-hydroxylation sites is 1. The molecule has 0 aliphatic rings. The molecule has 29 heavy (non-hydrogen) atoms. The van der Waals surface area contributed by atoms with Gasteiger partial charge in [0.1, 0.15) is 5.56 Å². The van der Waals surface area contributed by atoms with Crippen LogP contribution in [0.15, 0.2) is 53.3 Å². The summed E-state index contributed by atoms with van der Waals surface area (Å²) < 4.78 is 16.4. The number of amides is 1. The number of nitrogens with zero attached hydrogens (tertiary/aromatic N) is 1. The standard InChI is InChI=1S/C24H25FN2O2/c1-5-19-13-9-10-15(2)22(19)26-24(29)20-16(3)27(17(4)21(25)23(20)28)14-18-11-7-6-8-12-18/h6-13H,5,14H2,1-4H3,(H,26,29). The Labute approximate surface area is 170 Å². The number of rotatable bonds is 5. The highest BCUT2D eigenvalue weighted by Gasteiger charge is 2.23. The van der Waals surface area contributed by atoms with E-state index >= 15 is 0 Å². The van der Waals surface area contributed by atoms with Crippen LogP contribution in [0.5, 0.6) is 0 Å². The van der Waals surface area contributed by atoms with Crippen molar-refractivity contribution in [2.24, 2.45) is 0 Å². The molecule has 1 heterocycles. The zero-order chi connectivity index (χ0) is 21.1. The number of halogens is 1. The molecule has 1 amide bonds. The lowest BCUT2D eigenvalue weighted by Gasteiger charge is -2.19. The van der Waals surface area contributed by atoms with Gasteiger partial charge in [0.15, 0.2) is 5.82 Å². The molecular weight excluding hydrogens is 367 g/mol. The molecule has 0 unspecified atom stereocenters. The molecular formula is C24H25FN2O2. The van der Waals surface area contributed by atoms with Gasteiger partial charge in [-0.2, -0.15) is 0 Å². The third kappa shape index (κ3) is 3.99. The first kappa shape index (κ1) is 20.5. The van der Waals surface area contributed by atoms with Crippen LogP contribution in [0.3, 0.4) is 0 Å². The fourth-order valence-electron chi connectivity index (χ4n) is 3.59. The van der Waals surface area contributed by atoms with E-state index in [4.69, 9.17) is 0 Å². The summed E-state index contributed by atoms with van der Waals surface area (Å²) in [5, 5.41) is 2.85. The van der Waals surface area contributed by atoms with E-state index in [-0.39, 0.29) is 11.3 Å². The first-order chi connectivity index (χ1) is 13.8. The maximum atomic E-state index is 14.7. The van der Waals surface area contributed by atoms with Gasteiger partial charge in [-0.25, -0.2) is 4.39 Å². The molecule has 150 valence electrons. The second-order valence-corrected chi connectivity index (χ2v) is 7.18. The lowest BCUT2D eigenvalue weighted by molar-refractivity contribution is 0.102. The van der Waals surface area contributed by atoms with Gasteiger partial charge in [0.25, 0.3) is 5.91 Å². The lowest BCUT2D eigenvalue weighted by atomic mass is 10.0. The van der Waals surface area contributed by atoms with E-state index in [1.807, 2.05) is 62.4 Å². The average molecular weight is 392 g/mol. The van der Waals surface area contributed by atoms with Crippen molar-refractivity contribution in [3.63, 3.8) is 0 Å². The Morgan fingerprint density at radius 1 is 1.00 bits per heavy atom. The SMILES string of the molecule is CCc1cccc(C)c1NC(=O)c1c(C)n(Cc2ccccc2)c(C)c(F)c1=O. The molecule has 0 radical (unpaired) electrons. The van der Waals surface area contributed by atoms with Crippen LogP contribution in [-0.2, 0) is 13.0 Å². The van der Waals surface area contributed by atoms with Crippen LogP contribution < -0.4 is 10.7 Å². The van der Waals surface area contributed by atoms with Crippen LogP contribution in [0.4, 0.5) is 10.1 Å². The van der Waals surface area contributed by atoms with Crippen molar-refractivity contribution in [3.05, 3.63) is 98.2 Å². The summed E-state index contributed by atoms with van der Waals surface area (Å²) in [6.07, 6.45) is 0.733. The largest absolute Gasteiger partial charge is 0.341 e. The van der Waals surface area contributed by atoms with E-state index in [0.29, 0.717) is 17.9 Å². The van der Waals surface area contributed by atoms with Crippen molar-refractivity contribution in [2.45, 2.75) is 40.7 Å². The molecule has 2 aromatic carbocycles. The Balaban J connectivity index is 2.08. The number of benzene rings is 2. The van der Waals surface area contributed by atoms with Gasteiger partial charge in [-0.1, -0.05) is 55.5 Å². The summed E-state index contributed by atoms with van der Waals surface area (Å²) in [4.78, 5) is 25.7. The van der Waals surface area contributed by atoms with Crippen molar-refractivity contribution < 1.29 is 9.18 Å². The van der Waals surface area contributed by atoms with Crippen LogP contribution >= 0.6 is 0 Å². The first-order valence-electron chi connectivity index (χ1n) is 9.68. The summed E-state index contributed by atoms with van der Waals surface area (Å²) >= 11 is 0. The average Bonchev–Trinajstić information content (AvgIpc) is 2.72. The number of aryl methyl sites for hydroxylation is 2. The van der Waals surface area contributed by atoms with Gasteiger partial charge in [0.05, 0.1) is 5.69 Å². The predicted octanol–water partition coefficient (Wildman–Crippen LogP) is 4.78. The molecule has 0 saturated carbocycles. The molecule has 3 rings (SSSR count). The normalized spacial score (nSPS) is 10.8. The Hall–Kier alpha value is -3.21. The van der Waals surface area contributed by atoms with Crippen LogP contribution in [0.25, 0.3) is 0 Å². The minimum absolute atomic E-state index is 0.158.